The number of halogens is 1. The quantitative estimate of drug-likeness (QED) is 0.913. The molecule has 0 radical (unpaired) electrons. The average Bonchev–Trinajstić information content (AvgIpc) is 2.43. The fraction of sp³-hybridized carbons (Fsp3) is 0.200. The largest absolute Gasteiger partial charge is 0.497 e. The molecule has 0 bridgehead atoms. The molecule has 0 heterocycles. The van der Waals surface area contributed by atoms with Gasteiger partial charge < -0.3 is 4.74 Å². The van der Waals surface area contributed by atoms with Crippen molar-refractivity contribution in [3.8, 4) is 5.75 Å². The van der Waals surface area contributed by atoms with Gasteiger partial charge in [-0.1, -0.05) is 23.7 Å². The fourth-order valence-corrected chi connectivity index (χ4v) is 3.27. The van der Waals surface area contributed by atoms with E-state index in [4.69, 9.17) is 16.3 Å². The second-order valence-corrected chi connectivity index (χ2v) is 6.83. The molecule has 4 nitrogen and oxygen atoms in total. The normalized spacial score (nSPS) is 11.2. The van der Waals surface area contributed by atoms with E-state index in [2.05, 4.69) is 4.72 Å². The summed E-state index contributed by atoms with van der Waals surface area (Å²) in [6, 6.07) is 11.9. The van der Waals surface area contributed by atoms with Crippen LogP contribution < -0.4 is 9.46 Å². The Morgan fingerprint density at radius 1 is 1.14 bits per heavy atom. The number of rotatable bonds is 5. The second kappa shape index (κ2) is 6.37. The minimum atomic E-state index is -3.48. The Labute approximate surface area is 129 Å². The van der Waals surface area contributed by atoms with Crippen molar-refractivity contribution in [2.24, 2.45) is 0 Å². The molecule has 0 saturated heterocycles. The van der Waals surface area contributed by atoms with Gasteiger partial charge in [0.15, 0.2) is 0 Å². The summed E-state index contributed by atoms with van der Waals surface area (Å²) in [5.41, 5.74) is 2.02. The van der Waals surface area contributed by atoms with E-state index in [-0.39, 0.29) is 5.75 Å². The lowest BCUT2D eigenvalue weighted by Crippen LogP contribution is -2.15. The summed E-state index contributed by atoms with van der Waals surface area (Å²) in [6.45, 7) is 1.82. The van der Waals surface area contributed by atoms with E-state index in [1.165, 1.54) is 0 Å². The van der Waals surface area contributed by atoms with E-state index in [1.54, 1.807) is 49.6 Å². The molecule has 2 aromatic rings. The predicted octanol–water partition coefficient (Wildman–Crippen LogP) is 3.60. The van der Waals surface area contributed by atoms with Crippen molar-refractivity contribution in [3.63, 3.8) is 0 Å². The van der Waals surface area contributed by atoms with Gasteiger partial charge in [0, 0.05) is 5.02 Å². The molecule has 2 aromatic carbocycles. The Kier molecular flexibility index (Phi) is 4.75. The lowest BCUT2D eigenvalue weighted by atomic mass is 10.2. The van der Waals surface area contributed by atoms with Crippen LogP contribution in [0.15, 0.2) is 42.5 Å². The van der Waals surface area contributed by atoms with Gasteiger partial charge >= 0.3 is 0 Å². The number of methoxy groups -OCH3 is 1. The van der Waals surface area contributed by atoms with Crippen molar-refractivity contribution in [2.75, 3.05) is 11.8 Å². The lowest BCUT2D eigenvalue weighted by molar-refractivity contribution is 0.414. The SMILES string of the molecule is COc1ccc(NS(=O)(=O)Cc2ccc(Cl)cc2)c(C)c1. The van der Waals surface area contributed by atoms with Crippen molar-refractivity contribution in [1.29, 1.82) is 0 Å². The van der Waals surface area contributed by atoms with Crippen LogP contribution in [0, 0.1) is 6.92 Å². The molecule has 0 saturated carbocycles. The Morgan fingerprint density at radius 2 is 1.81 bits per heavy atom. The molecule has 6 heteroatoms. The van der Waals surface area contributed by atoms with Gasteiger partial charge in [0.1, 0.15) is 5.75 Å². The molecular weight excluding hydrogens is 310 g/mol. The van der Waals surface area contributed by atoms with Crippen molar-refractivity contribution in [3.05, 3.63) is 58.6 Å². The highest BCUT2D eigenvalue weighted by molar-refractivity contribution is 7.91. The summed E-state index contributed by atoms with van der Waals surface area (Å²) in [7, 11) is -1.91. The summed E-state index contributed by atoms with van der Waals surface area (Å²) in [4.78, 5) is 0. The Balaban J connectivity index is 2.15. The minimum Gasteiger partial charge on any atom is -0.497 e. The minimum absolute atomic E-state index is 0.102. The number of sulfonamides is 1. The zero-order valence-corrected chi connectivity index (χ0v) is 13.3. The summed E-state index contributed by atoms with van der Waals surface area (Å²) in [6.07, 6.45) is 0. The summed E-state index contributed by atoms with van der Waals surface area (Å²) < 4.78 is 32.1. The van der Waals surface area contributed by atoms with E-state index in [0.717, 1.165) is 5.56 Å². The maximum absolute atomic E-state index is 12.2. The van der Waals surface area contributed by atoms with Crippen molar-refractivity contribution in [2.45, 2.75) is 12.7 Å². The molecule has 21 heavy (non-hydrogen) atoms. The third-order valence-corrected chi connectivity index (χ3v) is 4.47. The van der Waals surface area contributed by atoms with Gasteiger partial charge in [0.2, 0.25) is 10.0 Å². The van der Waals surface area contributed by atoms with Gasteiger partial charge in [0.25, 0.3) is 0 Å². The van der Waals surface area contributed by atoms with Gasteiger partial charge in [-0.15, -0.1) is 0 Å². The molecule has 0 spiro atoms. The van der Waals surface area contributed by atoms with Crippen LogP contribution >= 0.6 is 11.6 Å². The number of hydrogen-bond acceptors (Lipinski definition) is 3. The molecule has 0 atom stereocenters. The van der Waals surface area contributed by atoms with E-state index in [0.29, 0.717) is 22.0 Å². The van der Waals surface area contributed by atoms with Crippen LogP contribution in [0.25, 0.3) is 0 Å². The Bertz CT molecular complexity index is 727. The van der Waals surface area contributed by atoms with Crippen LogP contribution in [0.3, 0.4) is 0 Å². The third kappa shape index (κ3) is 4.37. The zero-order valence-electron chi connectivity index (χ0n) is 11.8. The topological polar surface area (TPSA) is 55.4 Å². The number of benzene rings is 2. The first kappa shape index (κ1) is 15.7. The molecule has 0 aliphatic heterocycles. The molecular formula is C15H16ClNO3S. The number of ether oxygens (including phenoxy) is 1. The molecule has 0 fully saturated rings. The number of hydrogen-bond donors (Lipinski definition) is 1. The molecule has 2 rings (SSSR count). The van der Waals surface area contributed by atoms with Crippen molar-refractivity contribution >= 4 is 27.3 Å². The predicted molar refractivity (Wildman–Crippen MR) is 85.4 cm³/mol. The molecule has 0 aliphatic carbocycles. The maximum atomic E-state index is 12.2. The van der Waals surface area contributed by atoms with Gasteiger partial charge in [-0.25, -0.2) is 8.42 Å². The molecule has 1 N–H and O–H groups in total. The van der Waals surface area contributed by atoms with E-state index in [9.17, 15) is 8.42 Å². The monoisotopic (exact) mass is 325 g/mol. The van der Waals surface area contributed by atoms with Gasteiger partial charge in [0.05, 0.1) is 18.6 Å². The van der Waals surface area contributed by atoms with Crippen LogP contribution in [0.1, 0.15) is 11.1 Å². The Hall–Kier alpha value is -1.72. The number of anilines is 1. The van der Waals surface area contributed by atoms with E-state index >= 15 is 0 Å². The summed E-state index contributed by atoms with van der Waals surface area (Å²) in [5.74, 6) is 0.587. The van der Waals surface area contributed by atoms with Crippen LogP contribution in [0.2, 0.25) is 5.02 Å². The first-order valence-electron chi connectivity index (χ1n) is 6.29. The second-order valence-electron chi connectivity index (χ2n) is 4.67. The summed E-state index contributed by atoms with van der Waals surface area (Å²) in [5, 5.41) is 0.579. The van der Waals surface area contributed by atoms with Crippen LogP contribution in [-0.4, -0.2) is 15.5 Å². The zero-order chi connectivity index (χ0) is 15.5. The van der Waals surface area contributed by atoms with Crippen LogP contribution in [-0.2, 0) is 15.8 Å². The van der Waals surface area contributed by atoms with Gasteiger partial charge in [-0.05, 0) is 48.4 Å². The van der Waals surface area contributed by atoms with Gasteiger partial charge in [-0.3, -0.25) is 4.72 Å². The van der Waals surface area contributed by atoms with Gasteiger partial charge in [-0.2, -0.15) is 0 Å². The van der Waals surface area contributed by atoms with E-state index < -0.39 is 10.0 Å². The first-order chi connectivity index (χ1) is 9.89. The van der Waals surface area contributed by atoms with Crippen molar-refractivity contribution in [1.82, 2.24) is 0 Å². The third-order valence-electron chi connectivity index (χ3n) is 2.97. The number of aryl methyl sites for hydroxylation is 1. The fourth-order valence-electron chi connectivity index (χ4n) is 1.88. The molecule has 0 aliphatic rings. The highest BCUT2D eigenvalue weighted by Crippen LogP contribution is 2.23. The lowest BCUT2D eigenvalue weighted by Gasteiger charge is -2.11. The standard InChI is InChI=1S/C15H16ClNO3S/c1-11-9-14(20-2)7-8-15(11)17-21(18,19)10-12-3-5-13(16)6-4-12/h3-9,17H,10H2,1-2H3. The number of nitrogens with one attached hydrogen (secondary N) is 1. The Morgan fingerprint density at radius 3 is 2.38 bits per heavy atom. The molecule has 112 valence electrons. The van der Waals surface area contributed by atoms with Crippen LogP contribution in [0.5, 0.6) is 5.75 Å². The van der Waals surface area contributed by atoms with Crippen molar-refractivity contribution < 1.29 is 13.2 Å². The van der Waals surface area contributed by atoms with Crippen LogP contribution in [0.4, 0.5) is 5.69 Å². The molecule has 0 aromatic heterocycles. The smallest absolute Gasteiger partial charge is 0.236 e. The average molecular weight is 326 g/mol. The van der Waals surface area contributed by atoms with E-state index in [1.807, 2.05) is 6.92 Å². The maximum Gasteiger partial charge on any atom is 0.236 e. The highest BCUT2D eigenvalue weighted by atomic mass is 35.5. The molecule has 0 amide bonds. The molecule has 0 unspecified atom stereocenters. The highest BCUT2D eigenvalue weighted by Gasteiger charge is 2.13. The summed E-state index contributed by atoms with van der Waals surface area (Å²) >= 11 is 5.79. The first-order valence-corrected chi connectivity index (χ1v) is 8.32.